The highest BCUT2D eigenvalue weighted by Gasteiger charge is 2.23. The zero-order chi connectivity index (χ0) is 45.4. The second-order valence-electron chi connectivity index (χ2n) is 17.8. The zero-order valence-electron chi connectivity index (χ0n) is 37.4. The summed E-state index contributed by atoms with van der Waals surface area (Å²) in [7, 11) is 0. The lowest BCUT2D eigenvalue weighted by Crippen LogP contribution is -2.00. The molecule has 0 aliphatic heterocycles. The van der Waals surface area contributed by atoms with Crippen molar-refractivity contribution in [2.75, 3.05) is 0 Å². The lowest BCUT2D eigenvalue weighted by Gasteiger charge is -2.14. The molecule has 0 fully saturated rings. The highest BCUT2D eigenvalue weighted by atomic mass is 15.0. The predicted molar refractivity (Wildman–Crippen MR) is 287 cm³/mol. The summed E-state index contributed by atoms with van der Waals surface area (Å²) < 4.78 is 7.32. The van der Waals surface area contributed by atoms with Crippen molar-refractivity contribution in [1.82, 2.24) is 23.7 Å². The monoisotopic (exact) mass is 879 g/mol. The van der Waals surface area contributed by atoms with Crippen LogP contribution in [-0.4, -0.2) is 23.7 Å². The van der Waals surface area contributed by atoms with Gasteiger partial charge in [0.1, 0.15) is 0 Å². The van der Waals surface area contributed by atoms with Crippen LogP contribution in [0.4, 0.5) is 0 Å². The van der Waals surface area contributed by atoms with Crippen molar-refractivity contribution in [2.45, 2.75) is 0 Å². The van der Waals surface area contributed by atoms with E-state index in [1.165, 1.54) is 65.5 Å². The minimum atomic E-state index is 0.679. The third kappa shape index (κ3) is 6.25. The van der Waals surface area contributed by atoms with E-state index in [1.807, 2.05) is 6.07 Å². The third-order valence-corrected chi connectivity index (χ3v) is 13.9. The highest BCUT2D eigenvalue weighted by molar-refractivity contribution is 6.24. The standard InChI is InChI=1S/C64H41N5/c1-4-16-42(17-5-1)43-28-30-45(31-29-43)57-41-56(44-18-6-2-7-19-44)65-64(66-57)46-32-34-48(35-33-46)68-59-26-14-10-22-50(59)53-37-38-54-51-23-11-15-27-60(51)69(63(54)62(53)68)49-36-39-61-55(40-49)52-24-12-13-25-58(52)67(61)47-20-8-3-9-21-47/h1-41H. The van der Waals surface area contributed by atoms with Crippen LogP contribution in [0.1, 0.15) is 0 Å². The largest absolute Gasteiger partial charge is 0.309 e. The smallest absolute Gasteiger partial charge is 0.160 e. The predicted octanol–water partition coefficient (Wildman–Crippen LogP) is 16.4. The molecule has 69 heavy (non-hydrogen) atoms. The number of benzene rings is 10. The quantitative estimate of drug-likeness (QED) is 0.160. The molecule has 0 radical (unpaired) electrons. The van der Waals surface area contributed by atoms with Crippen molar-refractivity contribution in [1.29, 1.82) is 0 Å². The number of hydrogen-bond donors (Lipinski definition) is 0. The average molecular weight is 880 g/mol. The minimum Gasteiger partial charge on any atom is -0.309 e. The maximum Gasteiger partial charge on any atom is 0.160 e. The molecule has 0 saturated carbocycles. The summed E-state index contributed by atoms with van der Waals surface area (Å²) in [5, 5.41) is 7.28. The van der Waals surface area contributed by atoms with Gasteiger partial charge < -0.3 is 13.7 Å². The van der Waals surface area contributed by atoms with Crippen molar-refractivity contribution in [3.8, 4) is 62.1 Å². The first-order chi connectivity index (χ1) is 34.2. The summed E-state index contributed by atoms with van der Waals surface area (Å²) >= 11 is 0. The number of para-hydroxylation sites is 4. The fraction of sp³-hybridized carbons (Fsp3) is 0. The van der Waals surface area contributed by atoms with E-state index in [9.17, 15) is 0 Å². The Hall–Kier alpha value is -9.32. The van der Waals surface area contributed by atoms with Gasteiger partial charge >= 0.3 is 0 Å². The van der Waals surface area contributed by atoms with Crippen LogP contribution in [-0.2, 0) is 0 Å². The van der Waals surface area contributed by atoms with Crippen molar-refractivity contribution < 1.29 is 0 Å². The lowest BCUT2D eigenvalue weighted by molar-refractivity contribution is 1.14. The first-order valence-electron chi connectivity index (χ1n) is 23.5. The second kappa shape index (κ2) is 15.7. The first kappa shape index (κ1) is 38.9. The van der Waals surface area contributed by atoms with E-state index in [0.29, 0.717) is 5.82 Å². The van der Waals surface area contributed by atoms with Gasteiger partial charge in [-0.25, -0.2) is 9.97 Å². The van der Waals surface area contributed by atoms with Gasteiger partial charge in [0.25, 0.3) is 0 Å². The number of rotatable bonds is 7. The van der Waals surface area contributed by atoms with Crippen LogP contribution >= 0.6 is 0 Å². The molecule has 0 aliphatic carbocycles. The van der Waals surface area contributed by atoms with Gasteiger partial charge in [0.2, 0.25) is 0 Å². The first-order valence-corrected chi connectivity index (χ1v) is 23.5. The summed E-state index contributed by atoms with van der Waals surface area (Å²) in [6, 6.07) is 89.1. The Labute approximate surface area is 398 Å². The molecule has 0 saturated heterocycles. The van der Waals surface area contributed by atoms with Crippen LogP contribution in [0.3, 0.4) is 0 Å². The molecule has 4 heterocycles. The van der Waals surface area contributed by atoms with Crippen molar-refractivity contribution in [3.63, 3.8) is 0 Å². The number of hydrogen-bond acceptors (Lipinski definition) is 2. The molecule has 0 N–H and O–H groups in total. The highest BCUT2D eigenvalue weighted by Crippen LogP contribution is 2.43. The summed E-state index contributed by atoms with van der Waals surface area (Å²) in [4.78, 5) is 10.4. The fourth-order valence-electron chi connectivity index (χ4n) is 10.7. The molecule has 10 aromatic carbocycles. The summed E-state index contributed by atoms with van der Waals surface area (Å²) in [6.45, 7) is 0. The maximum atomic E-state index is 5.24. The van der Waals surface area contributed by atoms with Gasteiger partial charge in [0.05, 0.1) is 44.5 Å². The topological polar surface area (TPSA) is 40.6 Å². The van der Waals surface area contributed by atoms with Crippen LogP contribution in [0.2, 0.25) is 0 Å². The molecule has 0 aliphatic rings. The molecule has 14 rings (SSSR count). The summed E-state index contributed by atoms with van der Waals surface area (Å²) in [5.74, 6) is 0.679. The molecule has 0 amide bonds. The van der Waals surface area contributed by atoms with Crippen LogP contribution in [0, 0.1) is 0 Å². The van der Waals surface area contributed by atoms with Gasteiger partial charge in [0.15, 0.2) is 5.82 Å². The molecule has 322 valence electrons. The van der Waals surface area contributed by atoms with Crippen LogP contribution in [0.25, 0.3) is 128 Å². The van der Waals surface area contributed by atoms with E-state index in [2.05, 4.69) is 256 Å². The van der Waals surface area contributed by atoms with Gasteiger partial charge in [-0.3, -0.25) is 0 Å². The molecule has 0 atom stereocenters. The van der Waals surface area contributed by atoms with E-state index >= 15 is 0 Å². The molecule has 0 spiro atoms. The Balaban J connectivity index is 0.956. The Bertz CT molecular complexity index is 4260. The Morgan fingerprint density at radius 2 is 0.623 bits per heavy atom. The minimum absolute atomic E-state index is 0.679. The lowest BCUT2D eigenvalue weighted by atomic mass is 10.0. The average Bonchev–Trinajstić information content (AvgIpc) is 4.07. The molecule has 14 aromatic rings. The molecule has 5 nitrogen and oxygen atoms in total. The summed E-state index contributed by atoms with van der Waals surface area (Å²) in [6.07, 6.45) is 0. The molecule has 4 aromatic heterocycles. The molecule has 0 unspecified atom stereocenters. The van der Waals surface area contributed by atoms with Crippen molar-refractivity contribution >= 4 is 65.4 Å². The maximum absolute atomic E-state index is 5.24. The van der Waals surface area contributed by atoms with Crippen LogP contribution in [0.15, 0.2) is 249 Å². The Kier molecular flexibility index (Phi) is 8.83. The van der Waals surface area contributed by atoms with E-state index in [0.717, 1.165) is 56.2 Å². The zero-order valence-corrected chi connectivity index (χ0v) is 37.4. The number of fused-ring (bicyclic) bond motifs is 10. The van der Waals surface area contributed by atoms with E-state index in [4.69, 9.17) is 9.97 Å². The second-order valence-corrected chi connectivity index (χ2v) is 17.8. The molecular weight excluding hydrogens is 839 g/mol. The van der Waals surface area contributed by atoms with Crippen LogP contribution < -0.4 is 0 Å². The molecule has 5 heteroatoms. The molecule has 0 bridgehead atoms. The Morgan fingerprint density at radius 3 is 1.22 bits per heavy atom. The van der Waals surface area contributed by atoms with E-state index < -0.39 is 0 Å². The van der Waals surface area contributed by atoms with Gasteiger partial charge in [0, 0.05) is 66.1 Å². The summed E-state index contributed by atoms with van der Waals surface area (Å²) in [5.41, 5.74) is 17.5. The normalized spacial score (nSPS) is 11.8. The van der Waals surface area contributed by atoms with Gasteiger partial charge in [-0.05, 0) is 90.0 Å². The SMILES string of the molecule is c1ccc(-c2ccc(-c3cc(-c4ccccc4)nc(-c4ccc(-n5c6ccccc6c6ccc7c8ccccc8n(-c8ccc9c(c8)c8ccccc8n9-c8ccccc8)c7c65)cc4)n3)cc2)cc1. The molecular formula is C64H41N5. The van der Waals surface area contributed by atoms with Gasteiger partial charge in [-0.1, -0.05) is 170 Å². The Morgan fingerprint density at radius 1 is 0.232 bits per heavy atom. The number of nitrogens with zero attached hydrogens (tertiary/aromatic N) is 5. The number of aromatic nitrogens is 5. The van der Waals surface area contributed by atoms with Gasteiger partial charge in [-0.15, -0.1) is 0 Å². The third-order valence-electron chi connectivity index (χ3n) is 13.9. The van der Waals surface area contributed by atoms with Crippen molar-refractivity contribution in [3.05, 3.63) is 249 Å². The van der Waals surface area contributed by atoms with Gasteiger partial charge in [-0.2, -0.15) is 0 Å². The fourth-order valence-corrected chi connectivity index (χ4v) is 10.7. The van der Waals surface area contributed by atoms with E-state index in [1.54, 1.807) is 0 Å². The van der Waals surface area contributed by atoms with Crippen LogP contribution in [0.5, 0.6) is 0 Å². The van der Waals surface area contributed by atoms with E-state index in [-0.39, 0.29) is 0 Å². The van der Waals surface area contributed by atoms with Crippen molar-refractivity contribution in [2.24, 2.45) is 0 Å².